The molecule has 0 bridgehead atoms. The lowest BCUT2D eigenvalue weighted by atomic mass is 9.84. The molecule has 2 unspecified atom stereocenters. The number of hydrogen-bond donors (Lipinski definition) is 4. The van der Waals surface area contributed by atoms with Gasteiger partial charge in [-0.25, -0.2) is 0 Å². The summed E-state index contributed by atoms with van der Waals surface area (Å²) in [6.45, 7) is 0. The zero-order valence-corrected chi connectivity index (χ0v) is 7.97. The molecule has 0 amide bonds. The van der Waals surface area contributed by atoms with Gasteiger partial charge in [-0.05, 0) is 18.2 Å². The molecule has 14 heavy (non-hydrogen) atoms. The molecule has 5 heteroatoms. The highest BCUT2D eigenvalue weighted by Gasteiger charge is 2.41. The van der Waals surface area contributed by atoms with Gasteiger partial charge in [0.05, 0.1) is 7.05 Å². The van der Waals surface area contributed by atoms with E-state index in [1.165, 1.54) is 6.08 Å². The number of quaternary nitrogens is 1. The third kappa shape index (κ3) is 1.78. The number of carbonyl (C=O) groups is 1. The second-order valence-corrected chi connectivity index (χ2v) is 3.38. The van der Waals surface area contributed by atoms with Crippen molar-refractivity contribution in [1.82, 2.24) is 0 Å². The first-order valence-corrected chi connectivity index (χ1v) is 4.39. The Hall–Kier alpha value is -1.33. The average molecular weight is 199 g/mol. The van der Waals surface area contributed by atoms with Gasteiger partial charge in [-0.2, -0.15) is 0 Å². The van der Waals surface area contributed by atoms with Crippen molar-refractivity contribution < 1.29 is 20.3 Å². The molecule has 0 spiro atoms. The Morgan fingerprint density at radius 2 is 2.43 bits per heavy atom. The SMILES string of the molecule is C[NH2+]C1(C(N)C(=O)O)C=CC(O)=CC1. The fraction of sp³-hybridized carbons (Fsp3) is 0.444. The van der Waals surface area contributed by atoms with Crippen LogP contribution < -0.4 is 11.1 Å². The molecule has 1 aliphatic carbocycles. The zero-order valence-electron chi connectivity index (χ0n) is 7.97. The maximum Gasteiger partial charge on any atom is 0.327 e. The lowest BCUT2D eigenvalue weighted by molar-refractivity contribution is -0.692. The van der Waals surface area contributed by atoms with Gasteiger partial charge in [0, 0.05) is 6.42 Å². The van der Waals surface area contributed by atoms with Gasteiger partial charge in [0.1, 0.15) is 11.3 Å². The first-order valence-electron chi connectivity index (χ1n) is 4.39. The van der Waals surface area contributed by atoms with Crippen LogP contribution in [0, 0.1) is 0 Å². The molecule has 0 aromatic rings. The molecular formula is C9H15N2O3+. The third-order valence-corrected chi connectivity index (χ3v) is 2.61. The van der Waals surface area contributed by atoms with Crippen LogP contribution in [-0.2, 0) is 4.79 Å². The van der Waals surface area contributed by atoms with E-state index in [1.807, 2.05) is 0 Å². The number of likely N-dealkylation sites (N-methyl/N-ethyl adjacent to an activating group) is 1. The summed E-state index contributed by atoms with van der Waals surface area (Å²) in [6, 6.07) is -0.979. The van der Waals surface area contributed by atoms with Crippen LogP contribution in [0.1, 0.15) is 6.42 Å². The Morgan fingerprint density at radius 3 is 2.79 bits per heavy atom. The smallest absolute Gasteiger partial charge is 0.327 e. The Balaban J connectivity index is 2.90. The van der Waals surface area contributed by atoms with Crippen molar-refractivity contribution in [3.63, 3.8) is 0 Å². The van der Waals surface area contributed by atoms with Gasteiger partial charge >= 0.3 is 5.97 Å². The molecule has 0 aromatic carbocycles. The Morgan fingerprint density at radius 1 is 1.79 bits per heavy atom. The van der Waals surface area contributed by atoms with Crippen LogP contribution in [0.4, 0.5) is 0 Å². The van der Waals surface area contributed by atoms with Crippen molar-refractivity contribution in [2.24, 2.45) is 5.73 Å². The van der Waals surface area contributed by atoms with Crippen molar-refractivity contribution in [3.8, 4) is 0 Å². The molecule has 0 saturated heterocycles. The van der Waals surface area contributed by atoms with Gasteiger partial charge in [0.15, 0.2) is 6.04 Å². The summed E-state index contributed by atoms with van der Waals surface area (Å²) >= 11 is 0. The molecule has 0 saturated carbocycles. The molecule has 5 nitrogen and oxygen atoms in total. The second kappa shape index (κ2) is 3.81. The van der Waals surface area contributed by atoms with E-state index in [2.05, 4.69) is 0 Å². The number of rotatable bonds is 3. The molecule has 6 N–H and O–H groups in total. The highest BCUT2D eigenvalue weighted by molar-refractivity contribution is 5.75. The maximum atomic E-state index is 10.8. The minimum absolute atomic E-state index is 0.153. The van der Waals surface area contributed by atoms with Gasteiger partial charge in [0.25, 0.3) is 0 Å². The van der Waals surface area contributed by atoms with E-state index in [0.717, 1.165) is 0 Å². The number of nitrogens with two attached hydrogens (primary N) is 2. The summed E-state index contributed by atoms with van der Waals surface area (Å²) in [4.78, 5) is 10.8. The molecule has 78 valence electrons. The van der Waals surface area contributed by atoms with E-state index in [1.54, 1.807) is 24.5 Å². The predicted octanol–water partition coefficient (Wildman–Crippen LogP) is -1.27. The summed E-state index contributed by atoms with van der Waals surface area (Å²) < 4.78 is 0. The molecule has 0 heterocycles. The molecule has 1 rings (SSSR count). The molecule has 0 radical (unpaired) electrons. The van der Waals surface area contributed by atoms with Crippen molar-refractivity contribution in [2.45, 2.75) is 18.0 Å². The largest absolute Gasteiger partial charge is 0.508 e. The van der Waals surface area contributed by atoms with Crippen LogP contribution in [0.15, 0.2) is 24.0 Å². The Kier molecular flexibility index (Phi) is 2.93. The van der Waals surface area contributed by atoms with Crippen LogP contribution in [0.5, 0.6) is 0 Å². The normalized spacial score (nSPS) is 28.3. The summed E-state index contributed by atoms with van der Waals surface area (Å²) in [5.74, 6) is -0.886. The summed E-state index contributed by atoms with van der Waals surface area (Å²) in [5, 5.41) is 19.7. The van der Waals surface area contributed by atoms with Crippen molar-refractivity contribution in [3.05, 3.63) is 24.0 Å². The topological polar surface area (TPSA) is 100 Å². The van der Waals surface area contributed by atoms with Gasteiger partial charge in [-0.15, -0.1) is 0 Å². The number of allylic oxidation sites excluding steroid dienone is 1. The van der Waals surface area contributed by atoms with Crippen molar-refractivity contribution in [2.75, 3.05) is 7.05 Å². The van der Waals surface area contributed by atoms with Crippen LogP contribution in [0.2, 0.25) is 0 Å². The maximum absolute atomic E-state index is 10.8. The number of carboxylic acids is 1. The first-order chi connectivity index (χ1) is 6.52. The highest BCUT2D eigenvalue weighted by atomic mass is 16.4. The van der Waals surface area contributed by atoms with Crippen molar-refractivity contribution in [1.29, 1.82) is 0 Å². The Bertz CT molecular complexity index is 298. The van der Waals surface area contributed by atoms with E-state index < -0.39 is 17.6 Å². The van der Waals surface area contributed by atoms with Gasteiger partial charge in [-0.1, -0.05) is 0 Å². The van der Waals surface area contributed by atoms with Gasteiger partial charge in [0.2, 0.25) is 0 Å². The molecule has 0 fully saturated rings. The number of aliphatic hydroxyl groups is 1. The standard InChI is InChI=1S/C9H14N2O3/c1-11-9(7(10)8(13)14)4-2-6(12)3-5-9/h2-4,7,11-12H,5,10H2,1H3,(H,13,14)/p+1. The first kappa shape index (κ1) is 10.7. The summed E-state index contributed by atoms with van der Waals surface area (Å²) in [6.07, 6.45) is 5.11. The predicted molar refractivity (Wildman–Crippen MR) is 50.7 cm³/mol. The highest BCUT2D eigenvalue weighted by Crippen LogP contribution is 2.19. The van der Waals surface area contributed by atoms with Gasteiger partial charge < -0.3 is 21.3 Å². The quantitative estimate of drug-likeness (QED) is 0.455. The molecule has 0 aliphatic heterocycles. The second-order valence-electron chi connectivity index (χ2n) is 3.38. The number of carboxylic acid groups (broad SMARTS) is 1. The van der Waals surface area contributed by atoms with E-state index in [9.17, 15) is 4.79 Å². The number of aliphatic hydroxyl groups excluding tert-OH is 1. The molecular weight excluding hydrogens is 184 g/mol. The monoisotopic (exact) mass is 199 g/mol. The van der Waals surface area contributed by atoms with Crippen LogP contribution >= 0.6 is 0 Å². The van der Waals surface area contributed by atoms with Crippen LogP contribution in [0.3, 0.4) is 0 Å². The van der Waals surface area contributed by atoms with E-state index in [-0.39, 0.29) is 5.76 Å². The van der Waals surface area contributed by atoms with Gasteiger partial charge in [-0.3, -0.25) is 4.79 Å². The lowest BCUT2D eigenvalue weighted by Gasteiger charge is -2.30. The van der Waals surface area contributed by atoms with Crippen LogP contribution in [0.25, 0.3) is 0 Å². The zero-order chi connectivity index (χ0) is 10.8. The van der Waals surface area contributed by atoms with Crippen molar-refractivity contribution >= 4 is 5.97 Å². The lowest BCUT2D eigenvalue weighted by Crippen LogP contribution is -2.97. The summed E-state index contributed by atoms with van der Waals surface area (Å²) in [5.41, 5.74) is 4.91. The fourth-order valence-electron chi connectivity index (χ4n) is 1.51. The molecule has 0 aromatic heterocycles. The fourth-order valence-corrected chi connectivity index (χ4v) is 1.51. The number of hydrogen-bond acceptors (Lipinski definition) is 3. The van der Waals surface area contributed by atoms with E-state index >= 15 is 0 Å². The van der Waals surface area contributed by atoms with E-state index in [4.69, 9.17) is 15.9 Å². The summed E-state index contributed by atoms with van der Waals surface area (Å²) in [7, 11) is 1.77. The third-order valence-electron chi connectivity index (χ3n) is 2.61. The Labute approximate surface area is 81.9 Å². The van der Waals surface area contributed by atoms with Crippen LogP contribution in [-0.4, -0.2) is 34.8 Å². The minimum Gasteiger partial charge on any atom is -0.508 e. The molecule has 1 aliphatic rings. The average Bonchev–Trinajstić information content (AvgIpc) is 2.18. The van der Waals surface area contributed by atoms with E-state index in [0.29, 0.717) is 6.42 Å². The minimum atomic E-state index is -1.04. The number of aliphatic carboxylic acids is 1. The molecule has 2 atom stereocenters.